The first-order chi connectivity index (χ1) is 18.8. The normalized spacial score (nSPS) is 14.3. The molecule has 0 unspecified atom stereocenters. The second-order valence-electron chi connectivity index (χ2n) is 10.2. The molecule has 4 rings (SSSR count). The van der Waals surface area contributed by atoms with Crippen LogP contribution in [0.4, 0.5) is 11.4 Å². The van der Waals surface area contributed by atoms with Gasteiger partial charge in [-0.2, -0.15) is 0 Å². The van der Waals surface area contributed by atoms with Crippen molar-refractivity contribution in [1.29, 1.82) is 0 Å². The fourth-order valence-electron chi connectivity index (χ4n) is 5.74. The Morgan fingerprint density at radius 1 is 0.615 bits per heavy atom. The summed E-state index contributed by atoms with van der Waals surface area (Å²) >= 11 is -3.52. The summed E-state index contributed by atoms with van der Waals surface area (Å²) in [6.45, 7) is 15.3. The zero-order chi connectivity index (χ0) is 28.2. The molecule has 5 heteroatoms. The van der Waals surface area contributed by atoms with E-state index in [1.54, 1.807) is 0 Å². The Morgan fingerprint density at radius 3 is 1.33 bits per heavy atom. The Balaban J connectivity index is 2.07. The molecule has 0 atom stereocenters. The van der Waals surface area contributed by atoms with Crippen LogP contribution in [0.2, 0.25) is 0 Å². The van der Waals surface area contributed by atoms with E-state index in [-0.39, 0.29) is 0 Å². The molecule has 2 nitrogen and oxygen atoms in total. The van der Waals surface area contributed by atoms with Crippen molar-refractivity contribution in [2.24, 2.45) is 0 Å². The molecule has 0 aliphatic carbocycles. The van der Waals surface area contributed by atoms with Gasteiger partial charge in [0.25, 0.3) is 0 Å². The van der Waals surface area contributed by atoms with Crippen LogP contribution in [0.5, 0.6) is 0 Å². The molecule has 0 saturated carbocycles. The molecule has 1 saturated heterocycles. The molecule has 1 aliphatic rings. The predicted molar refractivity (Wildman–Crippen MR) is 172 cm³/mol. The van der Waals surface area contributed by atoms with Gasteiger partial charge in [-0.3, -0.25) is 0 Å². The van der Waals surface area contributed by atoms with Crippen molar-refractivity contribution in [2.45, 2.75) is 80.1 Å². The van der Waals surface area contributed by atoms with Gasteiger partial charge in [0, 0.05) is 0 Å². The first-order valence-electron chi connectivity index (χ1n) is 14.5. The molecule has 3 aromatic rings. The second kappa shape index (κ2) is 13.2. The zero-order valence-corrected chi connectivity index (χ0v) is 27.7. The Bertz CT molecular complexity index is 1300. The molecule has 1 heterocycles. The molecule has 0 spiro atoms. The molecule has 1 aliphatic heterocycles. The number of hydrogen-bond acceptors (Lipinski definition) is 2. The molecule has 0 bridgehead atoms. The summed E-state index contributed by atoms with van der Waals surface area (Å²) in [6, 6.07) is 20.0. The number of aryl methyl sites for hydroxylation is 6. The van der Waals surface area contributed by atoms with Gasteiger partial charge < -0.3 is 0 Å². The summed E-state index contributed by atoms with van der Waals surface area (Å²) < 4.78 is 3.29. The maximum atomic E-state index is 7.63. The van der Waals surface area contributed by atoms with Crippen LogP contribution in [-0.4, -0.2) is 22.1 Å². The average molecular weight is 653 g/mol. The zero-order valence-electron chi connectivity index (χ0n) is 24.4. The van der Waals surface area contributed by atoms with Crippen LogP contribution in [0, 0.1) is 0 Å². The maximum absolute atomic E-state index is 7.63. The molecule has 1 fully saturated rings. The van der Waals surface area contributed by atoms with Crippen molar-refractivity contribution in [2.75, 3.05) is 22.9 Å². The van der Waals surface area contributed by atoms with Gasteiger partial charge in [-0.25, -0.2) is 0 Å². The van der Waals surface area contributed by atoms with Crippen molar-refractivity contribution < 1.29 is 11.9 Å². The fraction of sp³-hybridized carbons (Fsp3) is 0.412. The quantitative estimate of drug-likeness (QED) is 0.213. The van der Waals surface area contributed by atoms with Crippen LogP contribution in [0.3, 0.4) is 0 Å². The van der Waals surface area contributed by atoms with E-state index >= 15 is 0 Å². The number of halogens is 2. The van der Waals surface area contributed by atoms with Crippen molar-refractivity contribution in [3.63, 3.8) is 0 Å². The van der Waals surface area contributed by atoms with Crippen molar-refractivity contribution in [1.82, 2.24) is 0 Å². The van der Waals surface area contributed by atoms with Crippen molar-refractivity contribution in [3.8, 4) is 0 Å². The molecule has 0 amide bonds. The fourth-order valence-corrected chi connectivity index (χ4v) is 11.8. The Labute approximate surface area is 246 Å². The van der Waals surface area contributed by atoms with Gasteiger partial charge in [0.15, 0.2) is 0 Å². The van der Waals surface area contributed by atoms with E-state index in [0.717, 1.165) is 61.5 Å². The standard InChI is InChI=1S/C27H38N2.C7H6.2ClH.Ru/c1-7-20-15-22(9-3)26(23(10-4)16-20)28-13-14-29(19-28)27-24(11-5)17-21(8-2)18-25(27)12-6;1-7-5-3-2-4-6-7;;;/h15-18H,7-14H2,1-6H3;1-6H;2*1H;/q;;;;+2/p-2. The summed E-state index contributed by atoms with van der Waals surface area (Å²) in [5, 5.41) is 0. The molecular weight excluding hydrogens is 608 g/mol. The number of rotatable bonds is 9. The first kappa shape index (κ1) is 30.2. The summed E-state index contributed by atoms with van der Waals surface area (Å²) in [5.74, 6) is 0. The van der Waals surface area contributed by atoms with E-state index in [9.17, 15) is 0 Å². The monoisotopic (exact) mass is 652 g/mol. The second-order valence-corrected chi connectivity index (χ2v) is 19.4. The SMILES string of the molecule is CCc1cc(CC)c(N2CCN(c3c(CC)cc(CC)cc3CC)[C]2=[Ru]([Cl])([Cl])=[CH]c2ccccc2)c(CC)c1. The van der Waals surface area contributed by atoms with E-state index in [0.29, 0.717) is 0 Å². The van der Waals surface area contributed by atoms with E-state index in [1.807, 2.05) is 6.07 Å². The summed E-state index contributed by atoms with van der Waals surface area (Å²) in [6.07, 6.45) is 6.01. The van der Waals surface area contributed by atoms with Gasteiger partial charge in [0.1, 0.15) is 0 Å². The Kier molecular flexibility index (Phi) is 10.2. The van der Waals surface area contributed by atoms with Gasteiger partial charge in [-0.1, -0.05) is 0 Å². The van der Waals surface area contributed by atoms with Crippen LogP contribution in [0.25, 0.3) is 0 Å². The minimum absolute atomic E-state index is 0.882. The third-order valence-corrected chi connectivity index (χ3v) is 13.3. The van der Waals surface area contributed by atoms with Crippen molar-refractivity contribution in [3.05, 3.63) is 93.5 Å². The van der Waals surface area contributed by atoms with Gasteiger partial charge in [-0.15, -0.1) is 0 Å². The number of benzene rings is 3. The minimum atomic E-state index is -3.52. The van der Waals surface area contributed by atoms with Gasteiger partial charge >= 0.3 is 248 Å². The van der Waals surface area contributed by atoms with Crippen LogP contribution in [0.1, 0.15) is 80.5 Å². The molecule has 0 N–H and O–H groups in total. The van der Waals surface area contributed by atoms with Gasteiger partial charge in [0.05, 0.1) is 0 Å². The third kappa shape index (κ3) is 6.27. The number of anilines is 2. The molecule has 0 radical (unpaired) electrons. The van der Waals surface area contributed by atoms with Crippen LogP contribution < -0.4 is 9.80 Å². The third-order valence-electron chi connectivity index (χ3n) is 7.77. The van der Waals surface area contributed by atoms with E-state index in [1.165, 1.54) is 44.8 Å². The van der Waals surface area contributed by atoms with E-state index < -0.39 is 11.9 Å². The first-order valence-corrected chi connectivity index (χ1v) is 20.9. The average Bonchev–Trinajstić information content (AvgIpc) is 3.41. The molecular formula is C34H44Cl2N2Ru. The topological polar surface area (TPSA) is 6.48 Å². The molecule has 0 aromatic heterocycles. The number of nitrogens with zero attached hydrogens (tertiary/aromatic N) is 2. The van der Waals surface area contributed by atoms with Crippen LogP contribution >= 0.6 is 19.4 Å². The molecule has 39 heavy (non-hydrogen) atoms. The molecule has 3 aromatic carbocycles. The van der Waals surface area contributed by atoms with Gasteiger partial charge in [-0.05, 0) is 0 Å². The summed E-state index contributed by atoms with van der Waals surface area (Å²) in [4.78, 5) is 5.02. The summed E-state index contributed by atoms with van der Waals surface area (Å²) in [7, 11) is 15.3. The number of hydrogen-bond donors (Lipinski definition) is 0. The molecule has 212 valence electrons. The van der Waals surface area contributed by atoms with Crippen molar-refractivity contribution >= 4 is 39.7 Å². The van der Waals surface area contributed by atoms with Crippen LogP contribution in [0.15, 0.2) is 54.6 Å². The predicted octanol–water partition coefficient (Wildman–Crippen LogP) is 8.79. The van der Waals surface area contributed by atoms with E-state index in [2.05, 4.69) is 104 Å². The van der Waals surface area contributed by atoms with E-state index in [4.69, 9.17) is 19.4 Å². The Hall–Kier alpha value is -1.80. The van der Waals surface area contributed by atoms with Gasteiger partial charge in [0.2, 0.25) is 0 Å². The Morgan fingerprint density at radius 2 is 1.00 bits per heavy atom. The van der Waals surface area contributed by atoms with Crippen LogP contribution in [-0.2, 0) is 50.4 Å². The summed E-state index contributed by atoms with van der Waals surface area (Å²) in [5.41, 5.74) is 12.1.